The van der Waals surface area contributed by atoms with Crippen LogP contribution in [0.25, 0.3) is 0 Å². The second-order valence-electron chi connectivity index (χ2n) is 16.0. The molecule has 1 saturated heterocycles. The molecule has 15 nitrogen and oxygen atoms in total. The van der Waals surface area contributed by atoms with E-state index >= 15 is 0 Å². The molecule has 1 saturated carbocycles. The summed E-state index contributed by atoms with van der Waals surface area (Å²) in [7, 11) is 1.76. The van der Waals surface area contributed by atoms with Crippen molar-refractivity contribution in [1.29, 1.82) is 0 Å². The molecule has 0 bridgehead atoms. The van der Waals surface area contributed by atoms with Gasteiger partial charge in [-0.3, -0.25) is 19.3 Å². The fraction of sp³-hybridized carbons (Fsp3) is 0.650. The lowest BCUT2D eigenvalue weighted by Crippen LogP contribution is -2.56. The van der Waals surface area contributed by atoms with Gasteiger partial charge in [-0.15, -0.1) is 11.3 Å². The van der Waals surface area contributed by atoms with Gasteiger partial charge in [0, 0.05) is 46.2 Å². The Morgan fingerprint density at radius 3 is 2.37 bits per heavy atom. The van der Waals surface area contributed by atoms with Crippen LogP contribution >= 0.6 is 11.3 Å². The molecular formula is C40H61N5O10SSi. The first-order chi connectivity index (χ1) is 27.2. The molecule has 0 spiro atoms. The largest absolute Gasteiger partial charge is 0.491 e. The summed E-state index contributed by atoms with van der Waals surface area (Å²) < 4.78 is 22.4. The van der Waals surface area contributed by atoms with Crippen molar-refractivity contribution < 1.29 is 48.0 Å². The highest BCUT2D eigenvalue weighted by Crippen LogP contribution is 2.37. The van der Waals surface area contributed by atoms with Crippen molar-refractivity contribution in [3.05, 3.63) is 45.9 Å². The number of amides is 4. The Bertz CT molecular complexity index is 1650. The first-order valence-electron chi connectivity index (χ1n) is 20.0. The van der Waals surface area contributed by atoms with Crippen LogP contribution in [0, 0.1) is 5.92 Å². The number of aromatic nitrogens is 1. The molecule has 2 fully saturated rings. The van der Waals surface area contributed by atoms with Gasteiger partial charge in [0.2, 0.25) is 17.6 Å². The third-order valence-electron chi connectivity index (χ3n) is 10.4. The Labute approximate surface area is 341 Å². The normalized spacial score (nSPS) is 17.1. The molecule has 1 aliphatic heterocycles. The van der Waals surface area contributed by atoms with E-state index in [0.717, 1.165) is 49.5 Å². The summed E-state index contributed by atoms with van der Waals surface area (Å²) in [6.07, 6.45) is 4.48. The minimum atomic E-state index is -1.26. The van der Waals surface area contributed by atoms with Crippen LogP contribution in [0.1, 0.15) is 79.0 Å². The molecule has 1 aliphatic carbocycles. The van der Waals surface area contributed by atoms with Crippen LogP contribution < -0.4 is 10.1 Å². The minimum absolute atomic E-state index is 0.0472. The topological polar surface area (TPSA) is 177 Å². The Balaban J connectivity index is 1.24. The van der Waals surface area contributed by atoms with Gasteiger partial charge in [0.1, 0.15) is 35.1 Å². The lowest BCUT2D eigenvalue weighted by atomic mass is 9.83. The van der Waals surface area contributed by atoms with E-state index in [1.165, 1.54) is 30.2 Å². The summed E-state index contributed by atoms with van der Waals surface area (Å²) in [4.78, 5) is 73.5. The highest BCUT2D eigenvalue weighted by molar-refractivity contribution is 7.10. The number of nitrogens with one attached hydrogen (secondary N) is 1. The van der Waals surface area contributed by atoms with Gasteiger partial charge in [0.25, 0.3) is 0 Å². The average Bonchev–Trinajstić information content (AvgIpc) is 3.89. The molecule has 0 unspecified atom stereocenters. The molecule has 1 aromatic carbocycles. The average molecular weight is 832 g/mol. The van der Waals surface area contributed by atoms with Crippen LogP contribution in [0.15, 0.2) is 29.6 Å². The molecule has 3 atom stereocenters. The summed E-state index contributed by atoms with van der Waals surface area (Å²) in [5.41, 5.74) is 0.700. The lowest BCUT2D eigenvalue weighted by molar-refractivity contribution is -0.140. The number of ketones is 1. The minimum Gasteiger partial charge on any atom is -0.491 e. The molecule has 4 rings (SSSR count). The standard InChI is InChI=1S/C40H61N5O10SSi/c1-28(44(3)39(49)50)36(47)42-34(29-12-8-7-9-13-29)38(48)45-17-11-16-33(45)37-41-32(27-56-37)35(46)30-14-10-15-31(26-30)54-23-22-53-21-20-52-19-18-43(2)40(51)55-24-25-57(4,5)6/h10,14-15,26-29,33-34H,7-9,11-13,16-25H2,1-6H3,(H,42,47)(H,49,50)/t28-,33-,34-/m0/s1. The third kappa shape index (κ3) is 14.1. The maximum Gasteiger partial charge on any atom is 0.409 e. The predicted octanol–water partition coefficient (Wildman–Crippen LogP) is 5.92. The predicted molar refractivity (Wildman–Crippen MR) is 219 cm³/mol. The van der Waals surface area contributed by atoms with Crippen molar-refractivity contribution >= 4 is 49.2 Å². The number of ether oxygens (including phenoxy) is 4. The van der Waals surface area contributed by atoms with Gasteiger partial charge in [-0.05, 0) is 56.7 Å². The van der Waals surface area contributed by atoms with Crippen LogP contribution in [0.2, 0.25) is 25.7 Å². The summed E-state index contributed by atoms with van der Waals surface area (Å²) in [5, 5.41) is 14.7. The first kappa shape index (κ1) is 45.6. The molecule has 2 aromatic rings. The second-order valence-corrected chi connectivity index (χ2v) is 22.5. The van der Waals surface area contributed by atoms with Crippen LogP contribution in [-0.4, -0.2) is 142 Å². The molecule has 1 aromatic heterocycles. The third-order valence-corrected chi connectivity index (χ3v) is 13.1. The quantitative estimate of drug-likeness (QED) is 0.0868. The Morgan fingerprint density at radius 1 is 0.965 bits per heavy atom. The van der Waals surface area contributed by atoms with E-state index in [2.05, 4.69) is 25.0 Å². The number of rotatable bonds is 21. The van der Waals surface area contributed by atoms with Gasteiger partial charge < -0.3 is 39.2 Å². The number of carbonyl (C=O) groups excluding carboxylic acids is 4. The zero-order chi connectivity index (χ0) is 41.5. The van der Waals surface area contributed by atoms with E-state index in [1.54, 1.807) is 41.6 Å². The number of benzene rings is 1. The Hall–Kier alpha value is -4.06. The first-order valence-corrected chi connectivity index (χ1v) is 24.6. The molecule has 17 heteroatoms. The molecule has 2 aliphatic rings. The van der Waals surface area contributed by atoms with E-state index < -0.39 is 32.2 Å². The zero-order valence-electron chi connectivity index (χ0n) is 34.3. The SMILES string of the molecule is C[C@@H](C(=O)N[C@H](C(=O)N1CCC[C@H]1c1nc(C(=O)c2cccc(OCCOCCOCCN(C)C(=O)OCC[Si](C)(C)C)c2)cs1)C1CCCCC1)N(C)C(=O)O. The van der Waals surface area contributed by atoms with Crippen molar-refractivity contribution in [1.82, 2.24) is 25.0 Å². The van der Waals surface area contributed by atoms with Gasteiger partial charge >= 0.3 is 12.2 Å². The zero-order valence-corrected chi connectivity index (χ0v) is 36.1. The maximum atomic E-state index is 14.2. The number of nitrogens with zero attached hydrogens (tertiary/aromatic N) is 4. The molecular weight excluding hydrogens is 771 g/mol. The lowest BCUT2D eigenvalue weighted by Gasteiger charge is -2.35. The van der Waals surface area contributed by atoms with E-state index in [-0.39, 0.29) is 42.0 Å². The smallest absolute Gasteiger partial charge is 0.409 e. The van der Waals surface area contributed by atoms with Crippen LogP contribution in [0.4, 0.5) is 9.59 Å². The molecule has 4 amide bonds. The van der Waals surface area contributed by atoms with Crippen LogP contribution in [0.3, 0.4) is 0 Å². The highest BCUT2D eigenvalue weighted by atomic mass is 32.1. The van der Waals surface area contributed by atoms with Gasteiger partial charge in [0.05, 0.1) is 39.1 Å². The fourth-order valence-electron chi connectivity index (χ4n) is 6.74. The van der Waals surface area contributed by atoms with Crippen molar-refractivity contribution in [2.75, 3.05) is 66.8 Å². The van der Waals surface area contributed by atoms with E-state index in [0.29, 0.717) is 68.9 Å². The summed E-state index contributed by atoms with van der Waals surface area (Å²) in [5.74, 6) is -0.490. The van der Waals surface area contributed by atoms with E-state index in [9.17, 15) is 29.1 Å². The molecule has 2 N–H and O–H groups in total. The highest BCUT2D eigenvalue weighted by Gasteiger charge is 2.40. The number of hydrogen-bond donors (Lipinski definition) is 2. The van der Waals surface area contributed by atoms with Gasteiger partial charge in [0.15, 0.2) is 0 Å². The fourth-order valence-corrected chi connectivity index (χ4v) is 8.40. The number of carbonyl (C=O) groups is 5. The van der Waals surface area contributed by atoms with E-state index in [4.69, 9.17) is 23.9 Å². The number of carboxylic acid groups (broad SMARTS) is 1. The number of hydrogen-bond acceptors (Lipinski definition) is 11. The Morgan fingerprint density at radius 2 is 1.67 bits per heavy atom. The summed E-state index contributed by atoms with van der Waals surface area (Å²) >= 11 is 1.34. The number of likely N-dealkylation sites (tertiary alicyclic amines) is 1. The summed E-state index contributed by atoms with van der Waals surface area (Å²) in [6, 6.07) is 5.75. The molecule has 57 heavy (non-hydrogen) atoms. The second kappa shape index (κ2) is 22.2. The van der Waals surface area contributed by atoms with Crippen molar-refractivity contribution in [3.63, 3.8) is 0 Å². The van der Waals surface area contributed by atoms with Gasteiger partial charge in [-0.25, -0.2) is 14.6 Å². The van der Waals surface area contributed by atoms with Crippen molar-refractivity contribution in [2.24, 2.45) is 5.92 Å². The number of thiazole rings is 1. The van der Waals surface area contributed by atoms with E-state index in [1.807, 2.05) is 0 Å². The maximum absolute atomic E-state index is 14.2. The van der Waals surface area contributed by atoms with Gasteiger partial charge in [-0.1, -0.05) is 51.0 Å². The van der Waals surface area contributed by atoms with Crippen molar-refractivity contribution in [2.45, 2.75) is 95.7 Å². The number of likely N-dealkylation sites (N-methyl/N-ethyl adjacent to an activating group) is 2. The summed E-state index contributed by atoms with van der Waals surface area (Å²) in [6.45, 7) is 11.3. The molecule has 2 heterocycles. The Kier molecular flexibility index (Phi) is 17.8. The van der Waals surface area contributed by atoms with Crippen molar-refractivity contribution in [3.8, 4) is 5.75 Å². The monoisotopic (exact) mass is 831 g/mol. The van der Waals surface area contributed by atoms with Crippen LogP contribution in [-0.2, 0) is 23.8 Å². The molecule has 316 valence electrons. The molecule has 0 radical (unpaired) electrons. The van der Waals surface area contributed by atoms with Crippen LogP contribution in [0.5, 0.6) is 5.75 Å². The van der Waals surface area contributed by atoms with Gasteiger partial charge in [-0.2, -0.15) is 0 Å².